The van der Waals surface area contributed by atoms with E-state index in [1.165, 1.54) is 12.7 Å². The Morgan fingerprint density at radius 3 is 2.68 bits per heavy atom. The van der Waals surface area contributed by atoms with Gasteiger partial charge < -0.3 is 5.32 Å². The summed E-state index contributed by atoms with van der Waals surface area (Å²) in [4.78, 5) is 0. The lowest BCUT2D eigenvalue weighted by Gasteiger charge is -2.17. The minimum Gasteiger partial charge on any atom is -0.382 e. The van der Waals surface area contributed by atoms with Gasteiger partial charge in [-0.1, -0.05) is 24.6 Å². The zero-order valence-corrected chi connectivity index (χ0v) is 12.9. The molecule has 0 radical (unpaired) electrons. The van der Waals surface area contributed by atoms with Crippen LogP contribution in [0.3, 0.4) is 0 Å². The lowest BCUT2D eigenvalue weighted by atomic mass is 10.1. The molecule has 0 spiro atoms. The molecule has 1 aromatic rings. The van der Waals surface area contributed by atoms with Crippen molar-refractivity contribution >= 4 is 27.1 Å². The first-order valence-electron chi connectivity index (χ1n) is 6.56. The van der Waals surface area contributed by atoms with Gasteiger partial charge in [-0.3, -0.25) is 0 Å². The van der Waals surface area contributed by atoms with E-state index in [0.29, 0.717) is 11.1 Å². The number of nitrogens with one attached hydrogen (secondary N) is 1. The maximum Gasteiger partial charge on any atom is 0.151 e. The maximum absolute atomic E-state index is 11.5. The monoisotopic (exact) mass is 301 g/mol. The maximum atomic E-state index is 11.5. The van der Waals surface area contributed by atoms with Crippen LogP contribution in [0.25, 0.3) is 0 Å². The molecule has 5 heteroatoms. The normalized spacial score (nSPS) is 23.5. The van der Waals surface area contributed by atoms with Crippen LogP contribution < -0.4 is 5.32 Å². The molecular weight excluding hydrogens is 282 g/mol. The predicted octanol–water partition coefficient (Wildman–Crippen LogP) is 3.49. The van der Waals surface area contributed by atoms with Gasteiger partial charge in [0.15, 0.2) is 9.84 Å². The number of halogens is 1. The van der Waals surface area contributed by atoms with Crippen LogP contribution in [0.15, 0.2) is 18.2 Å². The summed E-state index contributed by atoms with van der Waals surface area (Å²) in [5.74, 6) is 0.782. The molecule has 1 aromatic carbocycles. The number of benzene rings is 1. The van der Waals surface area contributed by atoms with E-state index in [1.54, 1.807) is 12.1 Å². The molecule has 0 amide bonds. The fourth-order valence-electron chi connectivity index (χ4n) is 2.65. The standard InChI is InChI=1S/C14H20ClNO2S/c1-10-3-6-13(7-10)16-14-8-12(15)5-4-11(14)9-19(2,17)18/h4-5,8,10,13,16H,3,6-7,9H2,1-2H3. The summed E-state index contributed by atoms with van der Waals surface area (Å²) in [6, 6.07) is 5.78. The molecule has 2 unspecified atom stereocenters. The molecule has 1 fully saturated rings. The number of hydrogen-bond acceptors (Lipinski definition) is 3. The lowest BCUT2D eigenvalue weighted by Crippen LogP contribution is -2.17. The van der Waals surface area contributed by atoms with Gasteiger partial charge in [0.05, 0.1) is 5.75 Å². The molecule has 1 N–H and O–H groups in total. The average Bonchev–Trinajstić information content (AvgIpc) is 2.66. The largest absolute Gasteiger partial charge is 0.382 e. The Labute approximate surface area is 120 Å². The van der Waals surface area contributed by atoms with E-state index in [0.717, 1.165) is 30.0 Å². The third-order valence-electron chi connectivity index (χ3n) is 3.54. The highest BCUT2D eigenvalue weighted by Crippen LogP contribution is 2.30. The fraction of sp³-hybridized carbons (Fsp3) is 0.571. The molecule has 0 aliphatic heterocycles. The van der Waals surface area contributed by atoms with E-state index in [9.17, 15) is 8.42 Å². The van der Waals surface area contributed by atoms with Crippen molar-refractivity contribution in [2.24, 2.45) is 5.92 Å². The van der Waals surface area contributed by atoms with E-state index in [1.807, 2.05) is 6.07 Å². The van der Waals surface area contributed by atoms with Crippen molar-refractivity contribution in [1.82, 2.24) is 0 Å². The Morgan fingerprint density at radius 2 is 2.11 bits per heavy atom. The Bertz CT molecular complexity index is 557. The van der Waals surface area contributed by atoms with Crippen LogP contribution in [0, 0.1) is 5.92 Å². The highest BCUT2D eigenvalue weighted by Gasteiger charge is 2.22. The topological polar surface area (TPSA) is 46.2 Å². The Morgan fingerprint density at radius 1 is 1.37 bits per heavy atom. The summed E-state index contributed by atoms with van der Waals surface area (Å²) in [5, 5.41) is 4.08. The summed E-state index contributed by atoms with van der Waals surface area (Å²) >= 11 is 6.01. The van der Waals surface area contributed by atoms with Gasteiger partial charge in [-0.2, -0.15) is 0 Å². The van der Waals surface area contributed by atoms with Crippen LogP contribution in [0.2, 0.25) is 5.02 Å². The second kappa shape index (κ2) is 5.71. The molecule has 3 nitrogen and oxygen atoms in total. The summed E-state index contributed by atoms with van der Waals surface area (Å²) in [6.07, 6.45) is 4.74. The Kier molecular flexibility index (Phi) is 4.41. The zero-order chi connectivity index (χ0) is 14.0. The molecule has 1 aliphatic rings. The summed E-state index contributed by atoms with van der Waals surface area (Å²) in [6.45, 7) is 2.25. The van der Waals surface area contributed by atoms with Crippen molar-refractivity contribution in [2.45, 2.75) is 38.0 Å². The average molecular weight is 302 g/mol. The Balaban J connectivity index is 2.20. The number of hydrogen-bond donors (Lipinski definition) is 1. The molecule has 0 saturated heterocycles. The van der Waals surface area contributed by atoms with Crippen molar-refractivity contribution in [3.63, 3.8) is 0 Å². The molecule has 0 bridgehead atoms. The third-order valence-corrected chi connectivity index (χ3v) is 4.61. The number of rotatable bonds is 4. The van der Waals surface area contributed by atoms with E-state index >= 15 is 0 Å². The van der Waals surface area contributed by atoms with Gasteiger partial charge in [-0.05, 0) is 42.9 Å². The summed E-state index contributed by atoms with van der Waals surface area (Å²) < 4.78 is 22.9. The first kappa shape index (κ1) is 14.7. The van der Waals surface area contributed by atoms with Crippen molar-refractivity contribution in [3.8, 4) is 0 Å². The highest BCUT2D eigenvalue weighted by molar-refractivity contribution is 7.89. The molecule has 0 aromatic heterocycles. The quantitative estimate of drug-likeness (QED) is 0.926. The van der Waals surface area contributed by atoms with Gasteiger partial charge in [0.1, 0.15) is 0 Å². The highest BCUT2D eigenvalue weighted by atomic mass is 35.5. The van der Waals surface area contributed by atoms with Gasteiger partial charge in [-0.25, -0.2) is 8.42 Å². The van der Waals surface area contributed by atoms with Crippen LogP contribution in [0.1, 0.15) is 31.7 Å². The molecule has 1 saturated carbocycles. The zero-order valence-electron chi connectivity index (χ0n) is 11.3. The minimum atomic E-state index is -3.04. The van der Waals surface area contributed by atoms with Gasteiger partial charge in [0, 0.05) is 23.0 Å². The van der Waals surface area contributed by atoms with Crippen LogP contribution in [0.5, 0.6) is 0 Å². The lowest BCUT2D eigenvalue weighted by molar-refractivity contribution is 0.600. The van der Waals surface area contributed by atoms with Crippen molar-refractivity contribution in [2.75, 3.05) is 11.6 Å². The summed E-state index contributed by atoms with van der Waals surface area (Å²) in [7, 11) is -3.04. The van der Waals surface area contributed by atoms with Crippen molar-refractivity contribution in [3.05, 3.63) is 28.8 Å². The first-order valence-corrected chi connectivity index (χ1v) is 9.00. The van der Waals surface area contributed by atoms with E-state index in [2.05, 4.69) is 12.2 Å². The molecule has 106 valence electrons. The van der Waals surface area contributed by atoms with Crippen LogP contribution in [-0.4, -0.2) is 20.7 Å². The van der Waals surface area contributed by atoms with Crippen LogP contribution in [0.4, 0.5) is 5.69 Å². The van der Waals surface area contributed by atoms with Crippen molar-refractivity contribution < 1.29 is 8.42 Å². The number of sulfone groups is 1. The second-order valence-electron chi connectivity index (χ2n) is 5.63. The van der Waals surface area contributed by atoms with Crippen LogP contribution in [-0.2, 0) is 15.6 Å². The SMILES string of the molecule is CC1CCC(Nc2cc(Cl)ccc2CS(C)(=O)=O)C1. The fourth-order valence-corrected chi connectivity index (χ4v) is 3.64. The third kappa shape index (κ3) is 4.39. The van der Waals surface area contributed by atoms with Gasteiger partial charge in [0.25, 0.3) is 0 Å². The molecule has 1 aliphatic carbocycles. The summed E-state index contributed by atoms with van der Waals surface area (Å²) in [5.41, 5.74) is 1.66. The first-order chi connectivity index (χ1) is 8.83. The second-order valence-corrected chi connectivity index (χ2v) is 8.21. The molecule has 2 rings (SSSR count). The van der Waals surface area contributed by atoms with Gasteiger partial charge >= 0.3 is 0 Å². The molecular formula is C14H20ClNO2S. The van der Waals surface area contributed by atoms with Crippen LogP contribution >= 0.6 is 11.6 Å². The van der Waals surface area contributed by atoms with E-state index in [-0.39, 0.29) is 5.75 Å². The predicted molar refractivity (Wildman–Crippen MR) is 80.4 cm³/mol. The molecule has 0 heterocycles. The minimum absolute atomic E-state index is 0.0504. The van der Waals surface area contributed by atoms with E-state index in [4.69, 9.17) is 11.6 Å². The van der Waals surface area contributed by atoms with Gasteiger partial charge in [0.2, 0.25) is 0 Å². The van der Waals surface area contributed by atoms with Gasteiger partial charge in [-0.15, -0.1) is 0 Å². The van der Waals surface area contributed by atoms with E-state index < -0.39 is 9.84 Å². The molecule has 2 atom stereocenters. The van der Waals surface area contributed by atoms with Crippen molar-refractivity contribution in [1.29, 1.82) is 0 Å². The molecule has 19 heavy (non-hydrogen) atoms. The smallest absolute Gasteiger partial charge is 0.151 e. The number of anilines is 1. The Hall–Kier alpha value is -0.740.